The fourth-order valence-corrected chi connectivity index (χ4v) is 2.26. The van der Waals surface area contributed by atoms with Gasteiger partial charge in [-0.2, -0.15) is 13.2 Å². The van der Waals surface area contributed by atoms with E-state index < -0.39 is 11.7 Å². The van der Waals surface area contributed by atoms with Gasteiger partial charge in [0.2, 0.25) is 0 Å². The largest absolute Gasteiger partial charge is 0.416 e. The van der Waals surface area contributed by atoms with Crippen molar-refractivity contribution in [1.29, 1.82) is 0 Å². The molecule has 0 saturated heterocycles. The molecule has 0 aromatic heterocycles. The Morgan fingerprint density at radius 3 is 2.53 bits per heavy atom. The minimum Gasteiger partial charge on any atom is -0.307 e. The second-order valence-electron chi connectivity index (χ2n) is 4.47. The molecule has 0 spiro atoms. The summed E-state index contributed by atoms with van der Waals surface area (Å²) in [6.07, 6.45) is -3.43. The van der Waals surface area contributed by atoms with Crippen molar-refractivity contribution < 1.29 is 13.2 Å². The smallest absolute Gasteiger partial charge is 0.307 e. The van der Waals surface area contributed by atoms with E-state index in [1.54, 1.807) is 6.92 Å². The number of nitrogens with one attached hydrogen (secondary N) is 1. The Morgan fingerprint density at radius 1 is 1.42 bits per heavy atom. The first-order valence-corrected chi connectivity index (χ1v) is 6.82. The molecule has 1 aromatic carbocycles. The van der Waals surface area contributed by atoms with Gasteiger partial charge in [-0.25, -0.2) is 0 Å². The third-order valence-electron chi connectivity index (χ3n) is 2.73. The van der Waals surface area contributed by atoms with E-state index in [0.29, 0.717) is 10.0 Å². The Hall–Kier alpha value is -0.810. The molecule has 0 saturated carbocycles. The van der Waals surface area contributed by atoms with E-state index in [-0.39, 0.29) is 6.04 Å². The molecule has 0 aliphatic carbocycles. The van der Waals surface area contributed by atoms with E-state index in [9.17, 15) is 13.2 Å². The predicted molar refractivity (Wildman–Crippen MR) is 75.0 cm³/mol. The number of hydrogen-bond acceptors (Lipinski definition) is 1. The van der Waals surface area contributed by atoms with Crippen LogP contribution in [0.4, 0.5) is 13.2 Å². The molecule has 19 heavy (non-hydrogen) atoms. The fourth-order valence-electron chi connectivity index (χ4n) is 1.78. The second-order valence-corrected chi connectivity index (χ2v) is 5.32. The van der Waals surface area contributed by atoms with Crippen LogP contribution >= 0.6 is 15.9 Å². The quantitative estimate of drug-likeness (QED) is 0.739. The van der Waals surface area contributed by atoms with Gasteiger partial charge in [-0.3, -0.25) is 0 Å². The van der Waals surface area contributed by atoms with Gasteiger partial charge in [0, 0.05) is 4.47 Å². The third-order valence-corrected chi connectivity index (χ3v) is 3.45. The minimum absolute atomic E-state index is 0.281. The molecule has 0 heterocycles. The maximum Gasteiger partial charge on any atom is 0.416 e. The average molecular weight is 336 g/mol. The van der Waals surface area contributed by atoms with Crippen LogP contribution in [0.2, 0.25) is 0 Å². The summed E-state index contributed by atoms with van der Waals surface area (Å²) in [7, 11) is 0. The highest BCUT2D eigenvalue weighted by Gasteiger charge is 2.31. The molecule has 1 nitrogen and oxygen atoms in total. The summed E-state index contributed by atoms with van der Waals surface area (Å²) in [5, 5.41) is 3.21. The summed E-state index contributed by atoms with van der Waals surface area (Å²) in [5.41, 5.74) is 0.708. The Bertz CT molecular complexity index is 454. The van der Waals surface area contributed by atoms with Gasteiger partial charge in [-0.05, 0) is 43.7 Å². The maximum absolute atomic E-state index is 12.8. The topological polar surface area (TPSA) is 12.0 Å². The first-order chi connectivity index (χ1) is 8.77. The predicted octanol–water partition coefficient (Wildman–Crippen LogP) is 5.08. The van der Waals surface area contributed by atoms with Crippen LogP contribution < -0.4 is 5.32 Å². The van der Waals surface area contributed by atoms with Crippen LogP contribution in [0.1, 0.15) is 37.4 Å². The van der Waals surface area contributed by atoms with Crippen molar-refractivity contribution in [3.63, 3.8) is 0 Å². The van der Waals surface area contributed by atoms with Gasteiger partial charge in [-0.15, -0.1) is 0 Å². The van der Waals surface area contributed by atoms with Crippen LogP contribution in [0.15, 0.2) is 34.8 Å². The van der Waals surface area contributed by atoms with Gasteiger partial charge in [0.15, 0.2) is 0 Å². The molecule has 0 aliphatic rings. The number of benzene rings is 1. The zero-order valence-corrected chi connectivity index (χ0v) is 12.5. The van der Waals surface area contributed by atoms with Gasteiger partial charge in [0.1, 0.15) is 0 Å². The van der Waals surface area contributed by atoms with Crippen LogP contribution in [-0.2, 0) is 6.18 Å². The first kappa shape index (κ1) is 16.2. The molecule has 1 aromatic rings. The lowest BCUT2D eigenvalue weighted by atomic mass is 9.98. The standard InChI is InChI=1S/C14H17BrF3N/c1-4-7-19-13(9(2)3)11-8-10(14(16,17)18)5-6-12(11)15/h5-6,8,13,19H,2,4,7H2,1,3H3. The van der Waals surface area contributed by atoms with Gasteiger partial charge < -0.3 is 5.32 Å². The van der Waals surface area contributed by atoms with E-state index in [1.807, 2.05) is 6.92 Å². The van der Waals surface area contributed by atoms with E-state index in [1.165, 1.54) is 12.1 Å². The molecule has 1 unspecified atom stereocenters. The monoisotopic (exact) mass is 335 g/mol. The summed E-state index contributed by atoms with van der Waals surface area (Å²) in [6, 6.07) is 3.40. The molecule has 1 N–H and O–H groups in total. The van der Waals surface area contributed by atoms with Crippen molar-refractivity contribution >= 4 is 15.9 Å². The van der Waals surface area contributed by atoms with Crippen molar-refractivity contribution in [2.24, 2.45) is 0 Å². The number of hydrogen-bond donors (Lipinski definition) is 1. The minimum atomic E-state index is -4.33. The Kier molecular flexibility index (Phi) is 5.62. The lowest BCUT2D eigenvalue weighted by molar-refractivity contribution is -0.137. The molecule has 106 valence electrons. The van der Waals surface area contributed by atoms with Crippen LogP contribution in [0.3, 0.4) is 0 Å². The number of halogens is 4. The van der Waals surface area contributed by atoms with Crippen molar-refractivity contribution in [2.75, 3.05) is 6.54 Å². The second kappa shape index (κ2) is 6.57. The Morgan fingerprint density at radius 2 is 2.05 bits per heavy atom. The molecule has 5 heteroatoms. The zero-order chi connectivity index (χ0) is 14.6. The maximum atomic E-state index is 12.8. The van der Waals surface area contributed by atoms with E-state index >= 15 is 0 Å². The average Bonchev–Trinajstić information content (AvgIpc) is 2.29. The van der Waals surface area contributed by atoms with Gasteiger partial charge in [0.05, 0.1) is 11.6 Å². The van der Waals surface area contributed by atoms with E-state index in [2.05, 4.69) is 27.8 Å². The lowest BCUT2D eigenvalue weighted by Crippen LogP contribution is -2.23. The lowest BCUT2D eigenvalue weighted by Gasteiger charge is -2.22. The van der Waals surface area contributed by atoms with Crippen LogP contribution in [0.25, 0.3) is 0 Å². The van der Waals surface area contributed by atoms with Crippen LogP contribution in [0.5, 0.6) is 0 Å². The third kappa shape index (κ3) is 4.35. The Labute approximate surface area is 120 Å². The molecule has 0 aliphatic heterocycles. The highest BCUT2D eigenvalue weighted by atomic mass is 79.9. The van der Waals surface area contributed by atoms with E-state index in [4.69, 9.17) is 0 Å². The highest BCUT2D eigenvalue weighted by molar-refractivity contribution is 9.10. The molecule has 1 rings (SSSR count). The van der Waals surface area contributed by atoms with Gasteiger partial charge in [0.25, 0.3) is 0 Å². The molecule has 0 bridgehead atoms. The number of rotatable bonds is 5. The van der Waals surface area contributed by atoms with E-state index in [0.717, 1.165) is 24.6 Å². The normalized spacial score (nSPS) is 13.4. The molecule has 0 fully saturated rings. The van der Waals surface area contributed by atoms with Crippen molar-refractivity contribution in [1.82, 2.24) is 5.32 Å². The van der Waals surface area contributed by atoms with Crippen molar-refractivity contribution in [2.45, 2.75) is 32.5 Å². The van der Waals surface area contributed by atoms with Crippen molar-refractivity contribution in [3.8, 4) is 0 Å². The summed E-state index contributed by atoms with van der Waals surface area (Å²) in [4.78, 5) is 0. The first-order valence-electron chi connectivity index (χ1n) is 6.02. The van der Waals surface area contributed by atoms with Gasteiger partial charge in [-0.1, -0.05) is 35.0 Å². The molecular formula is C14H17BrF3N. The van der Waals surface area contributed by atoms with Crippen LogP contribution in [0, 0.1) is 0 Å². The van der Waals surface area contributed by atoms with Gasteiger partial charge >= 0.3 is 6.18 Å². The molecule has 0 radical (unpaired) electrons. The van der Waals surface area contributed by atoms with Crippen LogP contribution in [-0.4, -0.2) is 6.54 Å². The number of alkyl halides is 3. The molecule has 1 atom stereocenters. The molecule has 0 amide bonds. The Balaban J connectivity index is 3.18. The summed E-state index contributed by atoms with van der Waals surface area (Å²) in [6.45, 7) is 8.38. The van der Waals surface area contributed by atoms with Crippen molar-refractivity contribution in [3.05, 3.63) is 46.0 Å². The SMILES string of the molecule is C=C(C)C(NCCC)c1cc(C(F)(F)F)ccc1Br. The zero-order valence-electron chi connectivity index (χ0n) is 10.9. The fraction of sp³-hybridized carbons (Fsp3) is 0.429. The summed E-state index contributed by atoms with van der Waals surface area (Å²) < 4.78 is 38.9. The summed E-state index contributed by atoms with van der Waals surface area (Å²) >= 11 is 3.31. The molecular weight excluding hydrogens is 319 g/mol. The summed E-state index contributed by atoms with van der Waals surface area (Å²) in [5.74, 6) is 0. The highest BCUT2D eigenvalue weighted by Crippen LogP contribution is 2.35.